The van der Waals surface area contributed by atoms with Crippen LogP contribution in [0, 0.1) is 0 Å². The van der Waals surface area contributed by atoms with Crippen molar-refractivity contribution >= 4 is 17.7 Å². The van der Waals surface area contributed by atoms with Gasteiger partial charge in [0.25, 0.3) is 5.91 Å². The number of hydrogen-bond donors (Lipinski definition) is 3. The summed E-state index contributed by atoms with van der Waals surface area (Å²) in [5.41, 5.74) is 8.35. The van der Waals surface area contributed by atoms with Gasteiger partial charge in [0.1, 0.15) is 6.04 Å². The molecule has 4 N–H and O–H groups in total. The van der Waals surface area contributed by atoms with Crippen LogP contribution in [0.4, 0.5) is 0 Å². The van der Waals surface area contributed by atoms with E-state index >= 15 is 0 Å². The number of nitrogens with two attached hydrogens (primary N) is 1. The first-order chi connectivity index (χ1) is 12.9. The molecule has 8 heteroatoms. The van der Waals surface area contributed by atoms with Gasteiger partial charge in [-0.2, -0.15) is 0 Å². The van der Waals surface area contributed by atoms with E-state index in [4.69, 9.17) is 10.8 Å². The lowest BCUT2D eigenvalue weighted by Crippen LogP contribution is -2.67. The van der Waals surface area contributed by atoms with Crippen molar-refractivity contribution in [1.82, 2.24) is 15.1 Å². The molecule has 1 aromatic carbocycles. The lowest BCUT2D eigenvalue weighted by atomic mass is 9.87. The Morgan fingerprint density at radius 1 is 1.26 bits per heavy atom. The summed E-state index contributed by atoms with van der Waals surface area (Å²) in [6, 6.07) is 5.18. The molecule has 1 unspecified atom stereocenters. The molecular weight excluding hydrogens is 348 g/mol. The van der Waals surface area contributed by atoms with Crippen LogP contribution in [0.2, 0.25) is 0 Å². The van der Waals surface area contributed by atoms with Crippen LogP contribution in [0.15, 0.2) is 18.2 Å². The molecule has 0 aliphatic carbocycles. The molecule has 3 heterocycles. The van der Waals surface area contributed by atoms with E-state index in [2.05, 4.69) is 10.2 Å². The van der Waals surface area contributed by atoms with Gasteiger partial charge in [0.2, 0.25) is 11.8 Å². The number of imide groups is 1. The summed E-state index contributed by atoms with van der Waals surface area (Å²) >= 11 is 0. The molecule has 0 aromatic heterocycles. The van der Waals surface area contributed by atoms with Crippen molar-refractivity contribution in [3.8, 4) is 0 Å². The number of benzene rings is 1. The molecule has 3 amide bonds. The minimum absolute atomic E-state index is 0.0739. The van der Waals surface area contributed by atoms with Crippen LogP contribution in [0.25, 0.3) is 0 Å². The molecule has 0 spiro atoms. The maximum Gasteiger partial charge on any atom is 0.255 e. The zero-order valence-corrected chi connectivity index (χ0v) is 15.1. The van der Waals surface area contributed by atoms with Crippen molar-refractivity contribution in [3.05, 3.63) is 34.9 Å². The zero-order chi connectivity index (χ0) is 19.2. The number of carbonyl (C=O) groups excluding carboxylic acids is 3. The predicted octanol–water partition coefficient (Wildman–Crippen LogP) is -0.657. The number of aliphatic hydroxyl groups excluding tert-OH is 1. The molecule has 0 bridgehead atoms. The molecule has 1 aromatic rings. The van der Waals surface area contributed by atoms with Crippen molar-refractivity contribution in [2.45, 2.75) is 43.9 Å². The molecule has 0 radical (unpaired) electrons. The molecule has 3 aliphatic rings. The van der Waals surface area contributed by atoms with Gasteiger partial charge in [0.05, 0.1) is 0 Å². The third kappa shape index (κ3) is 3.24. The Labute approximate surface area is 157 Å². The second-order valence-corrected chi connectivity index (χ2v) is 7.83. The van der Waals surface area contributed by atoms with Crippen LogP contribution in [0.3, 0.4) is 0 Å². The molecular formula is C19H24N4O4. The molecule has 27 heavy (non-hydrogen) atoms. The Morgan fingerprint density at radius 3 is 2.74 bits per heavy atom. The fourth-order valence-corrected chi connectivity index (χ4v) is 4.40. The number of aliphatic hydroxyl groups is 1. The highest BCUT2D eigenvalue weighted by molar-refractivity contribution is 6.05. The molecule has 8 nitrogen and oxygen atoms in total. The first-order valence-corrected chi connectivity index (χ1v) is 9.28. The number of nitrogens with zero attached hydrogens (tertiary/aromatic N) is 2. The minimum Gasteiger partial charge on any atom is -0.396 e. The number of likely N-dealkylation sites (tertiary alicyclic amines) is 1. The monoisotopic (exact) mass is 372 g/mol. The van der Waals surface area contributed by atoms with Gasteiger partial charge < -0.3 is 15.7 Å². The van der Waals surface area contributed by atoms with Gasteiger partial charge in [0.15, 0.2) is 0 Å². The van der Waals surface area contributed by atoms with Gasteiger partial charge in [-0.1, -0.05) is 18.2 Å². The lowest BCUT2D eigenvalue weighted by Gasteiger charge is -2.48. The summed E-state index contributed by atoms with van der Waals surface area (Å²) in [6.07, 6.45) is 1.18. The van der Waals surface area contributed by atoms with E-state index in [1.165, 1.54) is 0 Å². The van der Waals surface area contributed by atoms with E-state index in [0.717, 1.165) is 11.1 Å². The van der Waals surface area contributed by atoms with Gasteiger partial charge in [0, 0.05) is 50.3 Å². The van der Waals surface area contributed by atoms with E-state index in [-0.39, 0.29) is 30.4 Å². The smallest absolute Gasteiger partial charge is 0.255 e. The summed E-state index contributed by atoms with van der Waals surface area (Å²) in [5.74, 6) is -0.828. The van der Waals surface area contributed by atoms with E-state index < -0.39 is 11.9 Å². The number of fused-ring (bicyclic) bond motifs is 1. The van der Waals surface area contributed by atoms with Gasteiger partial charge in [-0.05, 0) is 24.0 Å². The Hall–Kier alpha value is -2.29. The summed E-state index contributed by atoms with van der Waals surface area (Å²) in [7, 11) is 0. The third-order valence-corrected chi connectivity index (χ3v) is 5.72. The number of piperidine rings is 1. The number of carbonyl (C=O) groups is 3. The van der Waals surface area contributed by atoms with Crippen LogP contribution in [0.1, 0.15) is 40.7 Å². The Balaban J connectivity index is 1.49. The molecule has 4 rings (SSSR count). The topological polar surface area (TPSA) is 116 Å². The van der Waals surface area contributed by atoms with E-state index in [1.54, 1.807) is 4.90 Å². The number of rotatable bonds is 5. The zero-order valence-electron chi connectivity index (χ0n) is 15.1. The number of hydrogen-bond acceptors (Lipinski definition) is 6. The minimum atomic E-state index is -0.597. The predicted molar refractivity (Wildman–Crippen MR) is 96.4 cm³/mol. The van der Waals surface area contributed by atoms with Crippen LogP contribution in [-0.4, -0.2) is 63.9 Å². The standard InChI is InChI=1S/C19H24N4O4/c20-19(6-7-24)10-22(11-19)8-12-2-1-3-13-9-23(18(27)16(12)13)14-4-5-15(25)21-17(14)26/h1-3,14,24H,4-11,20H2,(H,21,25,26). The Morgan fingerprint density at radius 2 is 2.04 bits per heavy atom. The maximum atomic E-state index is 13.0. The third-order valence-electron chi connectivity index (χ3n) is 5.72. The Kier molecular flexibility index (Phi) is 4.49. The van der Waals surface area contributed by atoms with Crippen molar-refractivity contribution in [2.75, 3.05) is 19.7 Å². The van der Waals surface area contributed by atoms with Crippen molar-refractivity contribution in [2.24, 2.45) is 5.73 Å². The van der Waals surface area contributed by atoms with E-state index in [1.807, 2.05) is 18.2 Å². The van der Waals surface area contributed by atoms with Crippen LogP contribution in [0.5, 0.6) is 0 Å². The summed E-state index contributed by atoms with van der Waals surface area (Å²) in [5, 5.41) is 11.4. The summed E-state index contributed by atoms with van der Waals surface area (Å²) in [6.45, 7) is 2.44. The van der Waals surface area contributed by atoms with E-state index in [0.29, 0.717) is 44.6 Å². The second kappa shape index (κ2) is 6.70. The number of amides is 3. The normalized spacial score (nSPS) is 24.6. The first kappa shape index (κ1) is 18.1. The highest BCUT2D eigenvalue weighted by Gasteiger charge is 2.42. The van der Waals surface area contributed by atoms with Gasteiger partial charge in [-0.3, -0.25) is 24.6 Å². The van der Waals surface area contributed by atoms with Gasteiger partial charge in [-0.25, -0.2) is 0 Å². The van der Waals surface area contributed by atoms with Crippen LogP contribution >= 0.6 is 0 Å². The molecule has 0 saturated carbocycles. The number of nitrogens with one attached hydrogen (secondary N) is 1. The maximum absolute atomic E-state index is 13.0. The van der Waals surface area contributed by atoms with Gasteiger partial charge in [-0.15, -0.1) is 0 Å². The molecule has 2 saturated heterocycles. The van der Waals surface area contributed by atoms with E-state index in [9.17, 15) is 14.4 Å². The van der Waals surface area contributed by atoms with Crippen molar-refractivity contribution in [1.29, 1.82) is 0 Å². The molecule has 2 fully saturated rings. The van der Waals surface area contributed by atoms with Crippen LogP contribution < -0.4 is 11.1 Å². The van der Waals surface area contributed by atoms with Crippen molar-refractivity contribution in [3.63, 3.8) is 0 Å². The molecule has 144 valence electrons. The fourth-order valence-electron chi connectivity index (χ4n) is 4.40. The molecule has 1 atom stereocenters. The SMILES string of the molecule is NC1(CCO)CN(Cc2cccc3c2C(=O)N(C2CCC(=O)NC2=O)C3)C1. The highest BCUT2D eigenvalue weighted by atomic mass is 16.3. The Bertz CT molecular complexity index is 803. The van der Waals surface area contributed by atoms with Gasteiger partial charge >= 0.3 is 0 Å². The average Bonchev–Trinajstić information content (AvgIpc) is 2.91. The highest BCUT2D eigenvalue weighted by Crippen LogP contribution is 2.32. The first-order valence-electron chi connectivity index (χ1n) is 9.28. The quantitative estimate of drug-likeness (QED) is 0.591. The lowest BCUT2D eigenvalue weighted by molar-refractivity contribution is -0.136. The van der Waals surface area contributed by atoms with Crippen molar-refractivity contribution < 1.29 is 19.5 Å². The second-order valence-electron chi connectivity index (χ2n) is 7.83. The summed E-state index contributed by atoms with van der Waals surface area (Å²) in [4.78, 5) is 40.3. The van der Waals surface area contributed by atoms with Crippen LogP contribution in [-0.2, 0) is 22.7 Å². The fraction of sp³-hybridized carbons (Fsp3) is 0.526. The largest absolute Gasteiger partial charge is 0.396 e. The average molecular weight is 372 g/mol. The molecule has 3 aliphatic heterocycles. The summed E-state index contributed by atoms with van der Waals surface area (Å²) < 4.78 is 0.